The number of nitrogens with one attached hydrogen (secondary N) is 2. The molecule has 5 heteroatoms. The number of nitrogens with two attached hydrogens (primary N) is 1. The van der Waals surface area contributed by atoms with Crippen molar-refractivity contribution in [3.8, 4) is 0 Å². The monoisotopic (exact) mass is 169 g/mol. The summed E-state index contributed by atoms with van der Waals surface area (Å²) in [4.78, 5) is 24.7. The van der Waals surface area contributed by atoms with Gasteiger partial charge in [-0.3, -0.25) is 9.78 Å². The smallest absolute Gasteiger partial charge is 0.325 e. The largest absolute Gasteiger partial charge is 0.327 e. The second kappa shape index (κ2) is 6.11. The first-order chi connectivity index (χ1) is 5.70. The van der Waals surface area contributed by atoms with E-state index < -0.39 is 5.69 Å². The lowest BCUT2D eigenvalue weighted by atomic mass is 10.7. The minimum absolute atomic E-state index is 0.381. The second-order valence-corrected chi connectivity index (χ2v) is 1.82. The number of hydrogen-bond donors (Lipinski definition) is 3. The van der Waals surface area contributed by atoms with Crippen molar-refractivity contribution in [2.45, 2.75) is 0 Å². The lowest BCUT2D eigenvalue weighted by Crippen LogP contribution is -2.19. The topological polar surface area (TPSA) is 91.7 Å². The Bertz CT molecular complexity index is 300. The quantitative estimate of drug-likeness (QED) is 0.480. The van der Waals surface area contributed by atoms with Crippen LogP contribution in [0.4, 0.5) is 0 Å². The van der Waals surface area contributed by atoms with Gasteiger partial charge in [-0.25, -0.2) is 4.79 Å². The first-order valence-electron chi connectivity index (χ1n) is 3.29. The van der Waals surface area contributed by atoms with Gasteiger partial charge in [0, 0.05) is 18.8 Å². The third-order valence-corrected chi connectivity index (χ3v) is 0.853. The normalized spacial score (nSPS) is 8.08. The Morgan fingerprint density at radius 2 is 2.17 bits per heavy atom. The molecule has 0 unspecified atom stereocenters. The average Bonchev–Trinajstić information content (AvgIpc) is 2.04. The van der Waals surface area contributed by atoms with Gasteiger partial charge in [-0.2, -0.15) is 0 Å². The molecule has 0 radical (unpaired) electrons. The SMILES string of the molecule is C=CCN.O=c1cc[nH]c(=O)[nH]1. The summed E-state index contributed by atoms with van der Waals surface area (Å²) in [5.74, 6) is 0. The summed E-state index contributed by atoms with van der Waals surface area (Å²) in [5, 5.41) is 0. The lowest BCUT2D eigenvalue weighted by Gasteiger charge is -1.75. The van der Waals surface area contributed by atoms with Gasteiger partial charge < -0.3 is 10.7 Å². The van der Waals surface area contributed by atoms with E-state index in [2.05, 4.69) is 11.6 Å². The molecule has 66 valence electrons. The molecule has 1 aromatic rings. The Morgan fingerprint density at radius 3 is 2.42 bits per heavy atom. The minimum atomic E-state index is -0.475. The summed E-state index contributed by atoms with van der Waals surface area (Å²) in [6, 6.07) is 1.24. The van der Waals surface area contributed by atoms with Crippen LogP contribution in [0.1, 0.15) is 0 Å². The molecule has 0 aliphatic carbocycles. The fourth-order valence-corrected chi connectivity index (χ4v) is 0.383. The molecule has 5 nitrogen and oxygen atoms in total. The van der Waals surface area contributed by atoms with Crippen LogP contribution in [-0.4, -0.2) is 16.5 Å². The highest BCUT2D eigenvalue weighted by molar-refractivity contribution is 4.77. The van der Waals surface area contributed by atoms with Gasteiger partial charge in [0.2, 0.25) is 0 Å². The molecule has 1 aromatic heterocycles. The lowest BCUT2D eigenvalue weighted by molar-refractivity contribution is 1.04. The Morgan fingerprint density at radius 1 is 1.58 bits per heavy atom. The van der Waals surface area contributed by atoms with Gasteiger partial charge in [-0.05, 0) is 0 Å². The predicted molar refractivity (Wildman–Crippen MR) is 46.9 cm³/mol. The van der Waals surface area contributed by atoms with Gasteiger partial charge in [0.15, 0.2) is 0 Å². The van der Waals surface area contributed by atoms with E-state index in [0.29, 0.717) is 6.54 Å². The minimum Gasteiger partial charge on any atom is -0.327 e. The summed E-state index contributed by atoms with van der Waals surface area (Å²) in [7, 11) is 0. The Balaban J connectivity index is 0.000000261. The first-order valence-corrected chi connectivity index (χ1v) is 3.29. The predicted octanol–water partition coefficient (Wildman–Crippen LogP) is -0.806. The third-order valence-electron chi connectivity index (χ3n) is 0.853. The number of aromatic nitrogens is 2. The standard InChI is InChI=1S/C4H4N2O2.C3H7N/c7-3-1-2-5-4(8)6-3;1-2-3-4/h1-2H,(H2,5,6,7,8);2H,1,3-4H2. The summed E-state index contributed by atoms with van der Waals surface area (Å²) >= 11 is 0. The van der Waals surface area contributed by atoms with Gasteiger partial charge in [0.1, 0.15) is 0 Å². The van der Waals surface area contributed by atoms with Crippen molar-refractivity contribution in [2.75, 3.05) is 6.54 Å². The van der Waals surface area contributed by atoms with Crippen LogP contribution in [0, 0.1) is 0 Å². The van der Waals surface area contributed by atoms with Gasteiger partial charge in [-0.15, -0.1) is 6.58 Å². The van der Waals surface area contributed by atoms with E-state index in [-0.39, 0.29) is 5.56 Å². The molecule has 0 atom stereocenters. The highest BCUT2D eigenvalue weighted by Gasteiger charge is 1.77. The molecule has 1 rings (SSSR count). The van der Waals surface area contributed by atoms with Gasteiger partial charge in [0.25, 0.3) is 5.56 Å². The van der Waals surface area contributed by atoms with Crippen molar-refractivity contribution in [1.29, 1.82) is 0 Å². The number of aromatic amines is 2. The van der Waals surface area contributed by atoms with E-state index in [4.69, 9.17) is 5.73 Å². The highest BCUT2D eigenvalue weighted by Crippen LogP contribution is 1.51. The number of hydrogen-bond acceptors (Lipinski definition) is 3. The van der Waals surface area contributed by atoms with Crippen molar-refractivity contribution in [2.24, 2.45) is 5.73 Å². The highest BCUT2D eigenvalue weighted by atomic mass is 16.2. The van der Waals surface area contributed by atoms with Crippen molar-refractivity contribution >= 4 is 0 Å². The van der Waals surface area contributed by atoms with Gasteiger partial charge in [0.05, 0.1) is 0 Å². The van der Waals surface area contributed by atoms with Crippen LogP contribution < -0.4 is 17.0 Å². The van der Waals surface area contributed by atoms with Crippen LogP contribution in [0.2, 0.25) is 0 Å². The van der Waals surface area contributed by atoms with Crippen LogP contribution in [0.25, 0.3) is 0 Å². The maximum Gasteiger partial charge on any atom is 0.325 e. The zero-order valence-electron chi connectivity index (χ0n) is 6.54. The first kappa shape index (κ1) is 10.4. The molecule has 0 bridgehead atoms. The Labute approximate surface area is 68.9 Å². The molecular weight excluding hydrogens is 158 g/mol. The maximum atomic E-state index is 10.2. The molecule has 0 aliphatic rings. The second-order valence-electron chi connectivity index (χ2n) is 1.82. The van der Waals surface area contributed by atoms with Crippen molar-refractivity contribution in [3.05, 3.63) is 45.8 Å². The third kappa shape index (κ3) is 5.19. The van der Waals surface area contributed by atoms with E-state index in [0.717, 1.165) is 0 Å². The molecular formula is C7H11N3O2. The zero-order chi connectivity index (χ0) is 9.40. The summed E-state index contributed by atoms with van der Waals surface area (Å²) < 4.78 is 0. The van der Waals surface area contributed by atoms with Crippen molar-refractivity contribution in [1.82, 2.24) is 9.97 Å². The molecule has 12 heavy (non-hydrogen) atoms. The van der Waals surface area contributed by atoms with Crippen LogP contribution in [0.5, 0.6) is 0 Å². The fraction of sp³-hybridized carbons (Fsp3) is 0.143. The summed E-state index contributed by atoms with van der Waals surface area (Å²) in [6.07, 6.45) is 2.95. The Hall–Kier alpha value is -1.62. The van der Waals surface area contributed by atoms with Gasteiger partial charge in [-0.1, -0.05) is 6.08 Å². The molecule has 0 spiro atoms. The van der Waals surface area contributed by atoms with Crippen LogP contribution in [-0.2, 0) is 0 Å². The van der Waals surface area contributed by atoms with E-state index in [1.807, 2.05) is 4.98 Å². The van der Waals surface area contributed by atoms with Crippen molar-refractivity contribution in [3.63, 3.8) is 0 Å². The summed E-state index contributed by atoms with van der Waals surface area (Å²) in [6.45, 7) is 3.94. The van der Waals surface area contributed by atoms with E-state index in [1.165, 1.54) is 12.3 Å². The van der Waals surface area contributed by atoms with Crippen molar-refractivity contribution < 1.29 is 0 Å². The molecule has 0 saturated heterocycles. The van der Waals surface area contributed by atoms with Gasteiger partial charge >= 0.3 is 5.69 Å². The zero-order valence-corrected chi connectivity index (χ0v) is 6.54. The number of H-pyrrole nitrogens is 2. The fourth-order valence-electron chi connectivity index (χ4n) is 0.383. The molecule has 0 saturated carbocycles. The number of rotatable bonds is 1. The Kier molecular flexibility index (Phi) is 5.29. The van der Waals surface area contributed by atoms with Crippen LogP contribution in [0.15, 0.2) is 34.5 Å². The molecule has 4 N–H and O–H groups in total. The van der Waals surface area contributed by atoms with E-state index in [1.54, 1.807) is 6.08 Å². The maximum absolute atomic E-state index is 10.2. The molecule has 0 fully saturated rings. The van der Waals surface area contributed by atoms with E-state index in [9.17, 15) is 9.59 Å². The molecule has 0 aromatic carbocycles. The van der Waals surface area contributed by atoms with Crippen LogP contribution in [0.3, 0.4) is 0 Å². The molecule has 0 amide bonds. The van der Waals surface area contributed by atoms with Crippen LogP contribution >= 0.6 is 0 Å². The average molecular weight is 169 g/mol. The molecule has 1 heterocycles. The van der Waals surface area contributed by atoms with E-state index >= 15 is 0 Å². The summed E-state index contributed by atoms with van der Waals surface area (Å²) in [5.41, 5.74) is 4.05. The molecule has 0 aliphatic heterocycles.